The summed E-state index contributed by atoms with van der Waals surface area (Å²) in [5.41, 5.74) is 1.52. The van der Waals surface area contributed by atoms with Crippen LogP contribution in [-0.4, -0.2) is 10.6 Å². The highest BCUT2D eigenvalue weighted by molar-refractivity contribution is 9.10. The molecule has 0 N–H and O–H groups in total. The highest BCUT2D eigenvalue weighted by atomic mass is 79.9. The van der Waals surface area contributed by atoms with Crippen LogP contribution >= 0.6 is 31.9 Å². The van der Waals surface area contributed by atoms with Crippen LogP contribution < -0.4 is 0 Å². The van der Waals surface area contributed by atoms with E-state index >= 15 is 0 Å². The van der Waals surface area contributed by atoms with E-state index in [-0.39, 0.29) is 10.6 Å². The molecule has 1 atom stereocenters. The lowest BCUT2D eigenvalue weighted by molar-refractivity contribution is -0.118. The van der Waals surface area contributed by atoms with Gasteiger partial charge in [-0.25, -0.2) is 0 Å². The molecular weight excluding hydrogens is 346 g/mol. The van der Waals surface area contributed by atoms with Gasteiger partial charge in [-0.3, -0.25) is 4.79 Å². The van der Waals surface area contributed by atoms with Crippen molar-refractivity contribution >= 4 is 37.6 Å². The molecule has 1 unspecified atom stereocenters. The van der Waals surface area contributed by atoms with E-state index in [2.05, 4.69) is 37.9 Å². The lowest BCUT2D eigenvalue weighted by Gasteiger charge is -2.09. The van der Waals surface area contributed by atoms with Crippen LogP contribution in [0, 0.1) is 11.3 Å². The number of nitriles is 1. The molecule has 90 valence electrons. The number of ketones is 1. The highest BCUT2D eigenvalue weighted by Gasteiger charge is 2.16. The van der Waals surface area contributed by atoms with Crippen molar-refractivity contribution in [1.82, 2.24) is 0 Å². The maximum atomic E-state index is 11.7. The zero-order valence-electron chi connectivity index (χ0n) is 9.54. The molecule has 0 spiro atoms. The summed E-state index contributed by atoms with van der Waals surface area (Å²) in [6.07, 6.45) is 2.00. The van der Waals surface area contributed by atoms with Gasteiger partial charge in [0.05, 0.1) is 16.5 Å². The number of rotatable bonds is 5. The van der Waals surface area contributed by atoms with E-state index in [1.54, 1.807) is 6.07 Å². The second-order valence-electron chi connectivity index (χ2n) is 3.80. The zero-order chi connectivity index (χ0) is 12.8. The number of nitrogens with zero attached hydrogens (tertiary/aromatic N) is 1. The van der Waals surface area contributed by atoms with Gasteiger partial charge in [-0.2, -0.15) is 5.26 Å². The summed E-state index contributed by atoms with van der Waals surface area (Å²) in [6, 6.07) is 7.70. The Morgan fingerprint density at radius 2 is 2.24 bits per heavy atom. The summed E-state index contributed by atoms with van der Waals surface area (Å²) in [4.78, 5) is 11.5. The smallest absolute Gasteiger partial charge is 0.146 e. The molecule has 0 saturated carbocycles. The fourth-order valence-corrected chi connectivity index (χ4v) is 2.48. The molecular formula is C13H13Br2NO. The van der Waals surface area contributed by atoms with E-state index < -0.39 is 0 Å². The Hall–Kier alpha value is -0.660. The number of hydrogen-bond acceptors (Lipinski definition) is 2. The van der Waals surface area contributed by atoms with Crippen molar-refractivity contribution in [1.29, 1.82) is 5.26 Å². The van der Waals surface area contributed by atoms with E-state index in [0.29, 0.717) is 18.4 Å². The molecule has 0 fully saturated rings. The van der Waals surface area contributed by atoms with E-state index in [9.17, 15) is 4.79 Å². The predicted octanol–water partition coefficient (Wildman–Crippen LogP) is 4.00. The number of alkyl halides is 1. The first-order valence-corrected chi connectivity index (χ1v) is 7.14. The summed E-state index contributed by atoms with van der Waals surface area (Å²) in [6.45, 7) is 1.98. The fraction of sp³-hybridized carbons (Fsp3) is 0.385. The van der Waals surface area contributed by atoms with Crippen LogP contribution in [0.1, 0.15) is 30.9 Å². The number of hydrogen-bond donors (Lipinski definition) is 0. The quantitative estimate of drug-likeness (QED) is 0.746. The molecule has 0 heterocycles. The van der Waals surface area contributed by atoms with Crippen molar-refractivity contribution in [3.8, 4) is 6.07 Å². The van der Waals surface area contributed by atoms with Gasteiger partial charge in [0, 0.05) is 10.9 Å². The molecule has 0 saturated heterocycles. The molecule has 1 aromatic rings. The average molecular weight is 359 g/mol. The van der Waals surface area contributed by atoms with Crippen LogP contribution in [0.25, 0.3) is 0 Å². The van der Waals surface area contributed by atoms with Gasteiger partial charge in [0.2, 0.25) is 0 Å². The van der Waals surface area contributed by atoms with E-state index in [1.807, 2.05) is 19.1 Å². The third-order valence-corrected chi connectivity index (χ3v) is 3.76. The zero-order valence-corrected chi connectivity index (χ0v) is 12.7. The minimum Gasteiger partial charge on any atom is -0.298 e. The molecule has 4 heteroatoms. The topological polar surface area (TPSA) is 40.9 Å². The molecule has 0 aliphatic rings. The Balaban J connectivity index is 2.82. The third-order valence-electron chi connectivity index (χ3n) is 2.44. The summed E-state index contributed by atoms with van der Waals surface area (Å²) in [7, 11) is 0. The first kappa shape index (κ1) is 14.4. The summed E-state index contributed by atoms with van der Waals surface area (Å²) < 4.78 is 0.879. The van der Waals surface area contributed by atoms with Gasteiger partial charge in [-0.15, -0.1) is 0 Å². The van der Waals surface area contributed by atoms with Gasteiger partial charge in [0.25, 0.3) is 0 Å². The molecule has 0 bridgehead atoms. The van der Waals surface area contributed by atoms with Crippen molar-refractivity contribution in [2.45, 2.75) is 31.0 Å². The Bertz CT molecular complexity index is 451. The molecule has 1 rings (SSSR count). The summed E-state index contributed by atoms with van der Waals surface area (Å²) in [5, 5.41) is 9.03. The first-order chi connectivity index (χ1) is 8.08. The average Bonchev–Trinajstić information content (AvgIpc) is 2.31. The van der Waals surface area contributed by atoms with Crippen LogP contribution in [-0.2, 0) is 11.2 Å². The summed E-state index contributed by atoms with van der Waals surface area (Å²) in [5.74, 6) is 0.194. The Morgan fingerprint density at radius 1 is 1.53 bits per heavy atom. The minimum atomic E-state index is -0.198. The molecule has 1 aromatic carbocycles. The second kappa shape index (κ2) is 6.93. The van der Waals surface area contributed by atoms with Gasteiger partial charge in [-0.05, 0) is 30.5 Å². The maximum absolute atomic E-state index is 11.7. The third kappa shape index (κ3) is 4.25. The normalized spacial score (nSPS) is 11.9. The van der Waals surface area contributed by atoms with E-state index in [4.69, 9.17) is 5.26 Å². The number of Topliss-reactive ketones (excluding diaryl/α,β-unsaturated/α-hetero) is 1. The van der Waals surface area contributed by atoms with Crippen LogP contribution in [0.2, 0.25) is 0 Å². The fourth-order valence-electron chi connectivity index (χ4n) is 1.54. The van der Waals surface area contributed by atoms with E-state index in [0.717, 1.165) is 16.5 Å². The highest BCUT2D eigenvalue weighted by Crippen LogP contribution is 2.20. The van der Waals surface area contributed by atoms with Crippen molar-refractivity contribution in [2.24, 2.45) is 0 Å². The lowest BCUT2D eigenvalue weighted by Crippen LogP contribution is -2.16. The van der Waals surface area contributed by atoms with Gasteiger partial charge in [-0.1, -0.05) is 44.8 Å². The number of carbonyl (C=O) groups excluding carboxylic acids is 1. The van der Waals surface area contributed by atoms with Crippen molar-refractivity contribution in [2.75, 3.05) is 0 Å². The van der Waals surface area contributed by atoms with Crippen LogP contribution in [0.5, 0.6) is 0 Å². The molecule has 2 nitrogen and oxygen atoms in total. The van der Waals surface area contributed by atoms with E-state index in [1.165, 1.54) is 0 Å². The van der Waals surface area contributed by atoms with Gasteiger partial charge in [0.1, 0.15) is 5.78 Å². The van der Waals surface area contributed by atoms with Gasteiger partial charge >= 0.3 is 0 Å². The summed E-state index contributed by atoms with van der Waals surface area (Å²) >= 11 is 6.72. The number of carbonyl (C=O) groups is 1. The molecule has 0 amide bonds. The second-order valence-corrected chi connectivity index (χ2v) is 5.82. The molecule has 0 aliphatic carbocycles. The lowest BCUT2D eigenvalue weighted by atomic mass is 10.0. The molecule has 17 heavy (non-hydrogen) atoms. The predicted molar refractivity (Wildman–Crippen MR) is 75.2 cm³/mol. The largest absolute Gasteiger partial charge is 0.298 e. The van der Waals surface area contributed by atoms with Gasteiger partial charge < -0.3 is 0 Å². The van der Waals surface area contributed by atoms with Crippen LogP contribution in [0.4, 0.5) is 0 Å². The van der Waals surface area contributed by atoms with Crippen LogP contribution in [0.15, 0.2) is 22.7 Å². The van der Waals surface area contributed by atoms with Crippen LogP contribution in [0.3, 0.4) is 0 Å². The SMILES string of the molecule is CCCC(=O)C(Br)Cc1ccc(Br)cc1C#N. The Labute approximate surface area is 118 Å². The van der Waals surface area contributed by atoms with Gasteiger partial charge in [0.15, 0.2) is 0 Å². The number of benzene rings is 1. The number of halogens is 2. The van der Waals surface area contributed by atoms with Crippen molar-refractivity contribution in [3.05, 3.63) is 33.8 Å². The van der Waals surface area contributed by atoms with Crippen molar-refractivity contribution in [3.63, 3.8) is 0 Å². The molecule has 0 aliphatic heterocycles. The molecule has 0 radical (unpaired) electrons. The molecule has 0 aromatic heterocycles. The van der Waals surface area contributed by atoms with Crippen molar-refractivity contribution < 1.29 is 4.79 Å². The monoisotopic (exact) mass is 357 g/mol. The maximum Gasteiger partial charge on any atom is 0.146 e. The first-order valence-electron chi connectivity index (χ1n) is 5.43. The standard InChI is InChI=1S/C13H13Br2NO/c1-2-3-13(17)12(15)7-9-4-5-11(14)6-10(9)8-16/h4-6,12H,2-3,7H2,1H3. The Morgan fingerprint density at radius 3 is 2.82 bits per heavy atom. The Kier molecular flexibility index (Phi) is 5.87. The minimum absolute atomic E-state index is 0.194.